The predicted molar refractivity (Wildman–Crippen MR) is 233 cm³/mol. The molecule has 7 aromatic rings. The number of benzene rings is 7. The number of fused-ring (bicyclic) bond motifs is 2. The number of hydrogen-bond acceptors (Lipinski definition) is 16. The summed E-state index contributed by atoms with van der Waals surface area (Å²) in [5.74, 6) is -3.95. The first-order valence-corrected chi connectivity index (χ1v) is 21.8. The number of phenols is 2. The number of phenolic OH excluding ortho intramolecular Hbond substituents is 2. The molecule has 0 heterocycles. The number of azo groups is 2. The zero-order valence-electron chi connectivity index (χ0n) is 32.0. The molecule has 7 rings (SSSR count). The van der Waals surface area contributed by atoms with Crippen molar-refractivity contribution in [3.63, 3.8) is 0 Å². The van der Waals surface area contributed by atoms with Crippen LogP contribution >= 0.6 is 0 Å². The van der Waals surface area contributed by atoms with E-state index in [0.717, 1.165) is 24.3 Å². The Morgan fingerprint density at radius 1 is 0.672 bits per heavy atom. The van der Waals surface area contributed by atoms with Crippen molar-refractivity contribution in [2.75, 3.05) is 16.4 Å². The third-order valence-corrected chi connectivity index (χ3v) is 11.2. The molecule has 1 unspecified atom stereocenters. The highest BCUT2D eigenvalue weighted by Crippen LogP contribution is 2.46. The molecule has 0 saturated carbocycles. The molecule has 0 aliphatic carbocycles. The minimum absolute atomic E-state index is 0.0959. The van der Waals surface area contributed by atoms with Crippen molar-refractivity contribution in [1.29, 1.82) is 0 Å². The Balaban J connectivity index is 1.19. The minimum Gasteiger partial charge on any atom is -0.505 e. The fourth-order valence-electron chi connectivity index (χ4n) is 6.25. The lowest BCUT2D eigenvalue weighted by Crippen LogP contribution is -2.14. The van der Waals surface area contributed by atoms with Gasteiger partial charge in [-0.1, -0.05) is 18.2 Å². The van der Waals surface area contributed by atoms with Gasteiger partial charge in [-0.25, -0.2) is 4.79 Å². The summed E-state index contributed by atoms with van der Waals surface area (Å²) in [6.07, 6.45) is 0. The maximum atomic E-state index is 12.7. The highest BCUT2D eigenvalue weighted by atomic mass is 32.2. The number of nitrogens with two attached hydrogens (primary N) is 1. The smallest absolute Gasteiger partial charge is 0.357 e. The van der Waals surface area contributed by atoms with E-state index >= 15 is 0 Å². The van der Waals surface area contributed by atoms with Crippen LogP contribution in [0.2, 0.25) is 0 Å². The summed E-state index contributed by atoms with van der Waals surface area (Å²) >= 11 is -2.96. The molecule has 7 aromatic carbocycles. The van der Waals surface area contributed by atoms with Crippen LogP contribution in [0.15, 0.2) is 146 Å². The van der Waals surface area contributed by atoms with Crippen LogP contribution in [0.1, 0.15) is 20.7 Å². The van der Waals surface area contributed by atoms with Crippen LogP contribution in [0.3, 0.4) is 0 Å². The molecule has 21 nitrogen and oxygen atoms in total. The lowest BCUT2D eigenvalue weighted by molar-refractivity contribution is 0.0697. The number of carbonyl (C=O) groups excluding carboxylic acids is 1. The van der Waals surface area contributed by atoms with E-state index in [4.69, 9.17) is 9.92 Å². The number of aromatic hydroxyl groups is 2. The van der Waals surface area contributed by atoms with E-state index < -0.39 is 87.5 Å². The summed E-state index contributed by atoms with van der Waals surface area (Å²) < 4.78 is 95.3. The number of nitrogen functional groups attached to an aromatic ring is 1. The number of carboxylic acids is 1. The largest absolute Gasteiger partial charge is 0.505 e. The fourth-order valence-corrected chi connectivity index (χ4v) is 7.86. The van der Waals surface area contributed by atoms with Crippen molar-refractivity contribution < 1.29 is 63.8 Å². The van der Waals surface area contributed by atoms with Gasteiger partial charge in [-0.2, -0.15) is 26.2 Å². The molecule has 64 heavy (non-hydrogen) atoms. The Morgan fingerprint density at radius 2 is 1.30 bits per heavy atom. The molecule has 0 aromatic heterocycles. The molecule has 1 amide bonds. The van der Waals surface area contributed by atoms with E-state index in [-0.39, 0.29) is 61.2 Å². The van der Waals surface area contributed by atoms with Crippen molar-refractivity contribution in [3.05, 3.63) is 126 Å². The SMILES string of the molecule is Nc1ccc2c(O)c(N=Nc3ccc(N=Nc4c(OS(=O)O)cc5cc(Nc6ccc(NC(=O)c7ccccc7)c(S(=O)(=O)O)c6)ccc5c4O)cc3C(=O)O)c(S(=O)(=O)O)cc2c1. The lowest BCUT2D eigenvalue weighted by Gasteiger charge is -2.14. The van der Waals surface area contributed by atoms with E-state index in [1.807, 2.05) is 0 Å². The van der Waals surface area contributed by atoms with Crippen LogP contribution < -0.4 is 20.6 Å². The zero-order chi connectivity index (χ0) is 46.1. The first kappa shape index (κ1) is 44.2. The summed E-state index contributed by atoms with van der Waals surface area (Å²) in [6, 6.07) is 25.7. The molecule has 0 spiro atoms. The van der Waals surface area contributed by atoms with E-state index in [1.165, 1.54) is 72.8 Å². The maximum Gasteiger partial charge on any atom is 0.357 e. The van der Waals surface area contributed by atoms with Crippen LogP contribution in [-0.4, -0.2) is 61.9 Å². The number of rotatable bonds is 13. The summed E-state index contributed by atoms with van der Waals surface area (Å²) in [4.78, 5) is 23.5. The summed E-state index contributed by atoms with van der Waals surface area (Å²) in [7, 11) is -9.85. The number of hydrogen-bond donors (Lipinski definition) is 9. The van der Waals surface area contributed by atoms with Gasteiger partial charge in [0.2, 0.25) is 0 Å². The molecule has 326 valence electrons. The van der Waals surface area contributed by atoms with Crippen LogP contribution in [0.4, 0.5) is 45.5 Å². The first-order valence-electron chi connectivity index (χ1n) is 17.8. The van der Waals surface area contributed by atoms with Gasteiger partial charge < -0.3 is 35.9 Å². The second kappa shape index (κ2) is 17.5. The van der Waals surface area contributed by atoms with Gasteiger partial charge in [0.05, 0.1) is 16.9 Å². The van der Waals surface area contributed by atoms with Gasteiger partial charge in [0.25, 0.3) is 26.1 Å². The van der Waals surface area contributed by atoms with Crippen LogP contribution in [0, 0.1) is 0 Å². The van der Waals surface area contributed by atoms with Gasteiger partial charge >= 0.3 is 17.3 Å². The van der Waals surface area contributed by atoms with Crippen molar-refractivity contribution in [1.82, 2.24) is 0 Å². The first-order chi connectivity index (χ1) is 30.3. The molecule has 24 heteroatoms. The van der Waals surface area contributed by atoms with Gasteiger partial charge in [0.15, 0.2) is 22.9 Å². The molecule has 0 fully saturated rings. The van der Waals surface area contributed by atoms with E-state index in [9.17, 15) is 59.6 Å². The zero-order valence-corrected chi connectivity index (χ0v) is 34.5. The maximum absolute atomic E-state index is 12.7. The number of nitrogens with one attached hydrogen (secondary N) is 2. The molecular formula is C40H29N7O14S3. The molecule has 0 bridgehead atoms. The Hall–Kier alpha value is -7.87. The Morgan fingerprint density at radius 3 is 1.97 bits per heavy atom. The van der Waals surface area contributed by atoms with Crippen molar-refractivity contribution in [3.8, 4) is 17.2 Å². The summed E-state index contributed by atoms with van der Waals surface area (Å²) in [5, 5.41) is 53.6. The van der Waals surface area contributed by atoms with Crippen molar-refractivity contribution in [2.24, 2.45) is 20.5 Å². The van der Waals surface area contributed by atoms with E-state index in [0.29, 0.717) is 0 Å². The molecule has 0 aliphatic rings. The summed E-state index contributed by atoms with van der Waals surface area (Å²) in [6.45, 7) is 0. The number of carbonyl (C=O) groups is 2. The molecule has 0 aliphatic heterocycles. The summed E-state index contributed by atoms with van der Waals surface area (Å²) in [5.41, 5.74) is 4.22. The number of anilines is 4. The third kappa shape index (κ3) is 9.60. The van der Waals surface area contributed by atoms with Crippen molar-refractivity contribution in [2.45, 2.75) is 9.79 Å². The highest BCUT2D eigenvalue weighted by molar-refractivity contribution is 7.86. The van der Waals surface area contributed by atoms with Gasteiger partial charge in [0, 0.05) is 33.4 Å². The molecule has 1 atom stereocenters. The van der Waals surface area contributed by atoms with Gasteiger partial charge in [-0.05, 0) is 108 Å². The molecule has 0 saturated heterocycles. The van der Waals surface area contributed by atoms with Crippen LogP contribution in [0.5, 0.6) is 17.2 Å². The monoisotopic (exact) mass is 927 g/mol. The normalized spacial score (nSPS) is 12.5. The topological polar surface area (TPSA) is 350 Å². The number of aromatic carboxylic acids is 1. The average molecular weight is 928 g/mol. The second-order valence-electron chi connectivity index (χ2n) is 13.4. The Labute approximate surface area is 363 Å². The molecular weight excluding hydrogens is 899 g/mol. The second-order valence-corrected chi connectivity index (χ2v) is 16.8. The van der Waals surface area contributed by atoms with Crippen LogP contribution in [0.25, 0.3) is 21.5 Å². The number of nitrogens with zero attached hydrogens (tertiary/aromatic N) is 4. The lowest BCUT2D eigenvalue weighted by atomic mass is 10.1. The predicted octanol–water partition coefficient (Wildman–Crippen LogP) is 8.52. The van der Waals surface area contributed by atoms with Gasteiger partial charge in [-0.3, -0.25) is 18.5 Å². The van der Waals surface area contributed by atoms with Crippen molar-refractivity contribution >= 4 is 111 Å². The quantitative estimate of drug-likeness (QED) is 0.0226. The number of amides is 1. The fraction of sp³-hybridized carbons (Fsp3) is 0. The standard InChI is InChI=1S/C40H29N7O14S3/c41-23-6-10-27-21(14-23)17-34(64(58,59)60)36(38(27)49)47-45-30-12-9-26(18-29(30)40(51)52)44-46-35-32(61-62(53)54)16-22-15-24(7-11-28(22)37(35)48)42-25-8-13-31(33(19-25)63(55,56)57)43-39(50)20-4-2-1-3-5-20/h1-19,42,48-49H,41H2,(H,43,50)(H,51,52)(H,53,54)(H,55,56,57)(H,58,59,60). The Bertz CT molecular complexity index is 3390. The third-order valence-electron chi connectivity index (χ3n) is 9.13. The van der Waals surface area contributed by atoms with Gasteiger partial charge in [-0.15, -0.1) is 15.3 Å². The molecule has 10 N–H and O–H groups in total. The van der Waals surface area contributed by atoms with Gasteiger partial charge in [0.1, 0.15) is 21.2 Å². The Kier molecular flexibility index (Phi) is 12.1. The number of carboxylic acid groups (broad SMARTS) is 1. The van der Waals surface area contributed by atoms with E-state index in [2.05, 4.69) is 31.1 Å². The van der Waals surface area contributed by atoms with Crippen LogP contribution in [-0.2, 0) is 31.6 Å². The average Bonchev–Trinajstić information content (AvgIpc) is 3.23. The van der Waals surface area contributed by atoms with E-state index in [1.54, 1.807) is 18.2 Å². The highest BCUT2D eigenvalue weighted by Gasteiger charge is 2.24. The minimum atomic E-state index is -5.00. The molecule has 0 radical (unpaired) electrons.